The summed E-state index contributed by atoms with van der Waals surface area (Å²) in [4.78, 5) is 23.6. The maximum absolute atomic E-state index is 12.5. The molecule has 0 fully saturated rings. The standard InChI is InChI=1S/C23H22ClN3O4S/c1-16(28)25-20-10-12-21(13-11-20)26-23(29)18-8-6-17(7-9-18)15-27(32(2,30)31)22-5-3-4-19(24)14-22/h3-14H,15H2,1-2H3,(H,25,28)(H,26,29). The van der Waals surface area contributed by atoms with E-state index in [4.69, 9.17) is 11.6 Å². The molecule has 2 N–H and O–H groups in total. The van der Waals surface area contributed by atoms with E-state index < -0.39 is 10.0 Å². The van der Waals surface area contributed by atoms with Crippen molar-refractivity contribution in [2.75, 3.05) is 21.2 Å². The van der Waals surface area contributed by atoms with E-state index in [0.29, 0.717) is 33.2 Å². The van der Waals surface area contributed by atoms with Gasteiger partial charge >= 0.3 is 0 Å². The van der Waals surface area contributed by atoms with Gasteiger partial charge in [0.05, 0.1) is 18.5 Å². The number of nitrogens with one attached hydrogen (secondary N) is 2. The van der Waals surface area contributed by atoms with Gasteiger partial charge in [0.1, 0.15) is 0 Å². The lowest BCUT2D eigenvalue weighted by molar-refractivity contribution is -0.114. The molecule has 9 heteroatoms. The Morgan fingerprint density at radius 2 is 1.50 bits per heavy atom. The van der Waals surface area contributed by atoms with Crippen LogP contribution in [-0.2, 0) is 21.4 Å². The zero-order chi connectivity index (χ0) is 23.3. The van der Waals surface area contributed by atoms with Gasteiger partial charge in [-0.05, 0) is 60.2 Å². The van der Waals surface area contributed by atoms with E-state index in [1.807, 2.05) is 0 Å². The smallest absolute Gasteiger partial charge is 0.255 e. The number of hydrogen-bond acceptors (Lipinski definition) is 4. The summed E-state index contributed by atoms with van der Waals surface area (Å²) >= 11 is 6.01. The van der Waals surface area contributed by atoms with Crippen LogP contribution < -0.4 is 14.9 Å². The molecule has 0 aliphatic rings. The molecular formula is C23H22ClN3O4S. The first-order valence-corrected chi connectivity index (χ1v) is 11.9. The maximum atomic E-state index is 12.5. The van der Waals surface area contributed by atoms with E-state index in [0.717, 1.165) is 6.26 Å². The zero-order valence-electron chi connectivity index (χ0n) is 17.5. The van der Waals surface area contributed by atoms with Crippen molar-refractivity contribution in [3.8, 4) is 0 Å². The van der Waals surface area contributed by atoms with Crippen LogP contribution in [0.3, 0.4) is 0 Å². The highest BCUT2D eigenvalue weighted by Crippen LogP contribution is 2.24. The Balaban J connectivity index is 1.70. The molecule has 0 aromatic heterocycles. The highest BCUT2D eigenvalue weighted by atomic mass is 35.5. The second-order valence-corrected chi connectivity index (χ2v) is 9.50. The lowest BCUT2D eigenvalue weighted by Crippen LogP contribution is -2.29. The Labute approximate surface area is 192 Å². The Morgan fingerprint density at radius 3 is 2.03 bits per heavy atom. The minimum atomic E-state index is -3.54. The molecule has 2 amide bonds. The van der Waals surface area contributed by atoms with E-state index in [1.165, 1.54) is 11.2 Å². The molecule has 0 aliphatic heterocycles. The molecule has 166 valence electrons. The monoisotopic (exact) mass is 471 g/mol. The normalized spacial score (nSPS) is 11.0. The number of hydrogen-bond donors (Lipinski definition) is 2. The predicted octanol–water partition coefficient (Wildman–Crippen LogP) is 4.52. The molecule has 0 saturated heterocycles. The highest BCUT2D eigenvalue weighted by molar-refractivity contribution is 7.92. The number of rotatable bonds is 7. The molecule has 0 radical (unpaired) electrons. The Kier molecular flexibility index (Phi) is 7.17. The van der Waals surface area contributed by atoms with Crippen LogP contribution in [0, 0.1) is 0 Å². The van der Waals surface area contributed by atoms with Gasteiger partial charge in [-0.25, -0.2) is 8.42 Å². The lowest BCUT2D eigenvalue weighted by atomic mass is 10.1. The summed E-state index contributed by atoms with van der Waals surface area (Å²) in [6, 6.07) is 20.1. The van der Waals surface area contributed by atoms with Gasteiger partial charge < -0.3 is 10.6 Å². The quantitative estimate of drug-likeness (QED) is 0.529. The average Bonchev–Trinajstić information content (AvgIpc) is 2.72. The average molecular weight is 472 g/mol. The molecule has 0 spiro atoms. The first-order valence-electron chi connectivity index (χ1n) is 9.63. The fourth-order valence-electron chi connectivity index (χ4n) is 3.00. The van der Waals surface area contributed by atoms with E-state index in [9.17, 15) is 18.0 Å². The number of halogens is 1. The van der Waals surface area contributed by atoms with Crippen molar-refractivity contribution in [1.29, 1.82) is 0 Å². The summed E-state index contributed by atoms with van der Waals surface area (Å²) in [6.45, 7) is 1.52. The largest absolute Gasteiger partial charge is 0.326 e. The molecule has 32 heavy (non-hydrogen) atoms. The maximum Gasteiger partial charge on any atom is 0.255 e. The molecule has 0 aliphatic carbocycles. The number of carbonyl (C=O) groups excluding carboxylic acids is 2. The van der Waals surface area contributed by atoms with Gasteiger partial charge in [-0.3, -0.25) is 13.9 Å². The summed E-state index contributed by atoms with van der Waals surface area (Å²) in [6.07, 6.45) is 1.13. The minimum absolute atomic E-state index is 0.103. The zero-order valence-corrected chi connectivity index (χ0v) is 19.1. The summed E-state index contributed by atoms with van der Waals surface area (Å²) in [5.41, 5.74) is 2.82. The van der Waals surface area contributed by atoms with E-state index in [1.54, 1.807) is 72.8 Å². The molecule has 3 aromatic rings. The van der Waals surface area contributed by atoms with Gasteiger partial charge in [0.2, 0.25) is 15.9 Å². The van der Waals surface area contributed by atoms with Crippen LogP contribution in [-0.4, -0.2) is 26.5 Å². The summed E-state index contributed by atoms with van der Waals surface area (Å²) in [5.74, 6) is -0.481. The summed E-state index contributed by atoms with van der Waals surface area (Å²) < 4.78 is 25.9. The highest BCUT2D eigenvalue weighted by Gasteiger charge is 2.18. The van der Waals surface area contributed by atoms with Crippen LogP contribution in [0.4, 0.5) is 17.1 Å². The van der Waals surface area contributed by atoms with Crippen LogP contribution in [0.5, 0.6) is 0 Å². The van der Waals surface area contributed by atoms with Crippen molar-refractivity contribution in [1.82, 2.24) is 0 Å². The molecule has 0 atom stereocenters. The Morgan fingerprint density at radius 1 is 0.906 bits per heavy atom. The molecule has 0 bridgehead atoms. The van der Waals surface area contributed by atoms with Gasteiger partial charge in [-0.1, -0.05) is 29.8 Å². The van der Waals surface area contributed by atoms with Gasteiger partial charge in [0.25, 0.3) is 5.91 Å². The first-order chi connectivity index (χ1) is 15.1. The van der Waals surface area contributed by atoms with Gasteiger partial charge in [-0.2, -0.15) is 0 Å². The molecule has 7 nitrogen and oxygen atoms in total. The molecule has 3 rings (SSSR count). The van der Waals surface area contributed by atoms with Crippen molar-refractivity contribution in [3.63, 3.8) is 0 Å². The second-order valence-electron chi connectivity index (χ2n) is 7.16. The third kappa shape index (κ3) is 6.32. The van der Waals surface area contributed by atoms with Crippen LogP contribution in [0.2, 0.25) is 5.02 Å². The lowest BCUT2D eigenvalue weighted by Gasteiger charge is -2.22. The van der Waals surface area contributed by atoms with Crippen LogP contribution in [0.25, 0.3) is 0 Å². The molecule has 0 unspecified atom stereocenters. The molecule has 3 aromatic carbocycles. The SMILES string of the molecule is CC(=O)Nc1ccc(NC(=O)c2ccc(CN(c3cccc(Cl)c3)S(C)(=O)=O)cc2)cc1. The van der Waals surface area contributed by atoms with Crippen molar-refractivity contribution in [3.05, 3.63) is 88.9 Å². The van der Waals surface area contributed by atoms with Gasteiger partial charge in [0.15, 0.2) is 0 Å². The second kappa shape index (κ2) is 9.84. The van der Waals surface area contributed by atoms with Crippen LogP contribution in [0.15, 0.2) is 72.8 Å². The first kappa shape index (κ1) is 23.3. The van der Waals surface area contributed by atoms with Crippen molar-refractivity contribution < 1.29 is 18.0 Å². The van der Waals surface area contributed by atoms with Crippen molar-refractivity contribution in [2.24, 2.45) is 0 Å². The third-order valence-electron chi connectivity index (χ3n) is 4.50. The van der Waals surface area contributed by atoms with E-state index in [-0.39, 0.29) is 18.4 Å². The Bertz CT molecular complexity index is 1230. The number of amides is 2. The fraction of sp³-hybridized carbons (Fsp3) is 0.130. The summed E-state index contributed by atoms with van der Waals surface area (Å²) in [5, 5.41) is 5.88. The van der Waals surface area contributed by atoms with Crippen molar-refractivity contribution >= 4 is 50.5 Å². The molecule has 0 saturated carbocycles. The topological polar surface area (TPSA) is 95.6 Å². The molecule has 0 heterocycles. The van der Waals surface area contributed by atoms with Crippen LogP contribution >= 0.6 is 11.6 Å². The number of benzene rings is 3. The number of anilines is 3. The Hall–Kier alpha value is -3.36. The van der Waals surface area contributed by atoms with Gasteiger partial charge in [-0.15, -0.1) is 0 Å². The van der Waals surface area contributed by atoms with E-state index >= 15 is 0 Å². The predicted molar refractivity (Wildman–Crippen MR) is 128 cm³/mol. The fourth-order valence-corrected chi connectivity index (χ4v) is 4.07. The number of nitrogens with zero attached hydrogens (tertiary/aromatic N) is 1. The van der Waals surface area contributed by atoms with Gasteiger partial charge in [0, 0.05) is 28.9 Å². The minimum Gasteiger partial charge on any atom is -0.326 e. The third-order valence-corrected chi connectivity index (χ3v) is 5.88. The van der Waals surface area contributed by atoms with Crippen molar-refractivity contribution in [2.45, 2.75) is 13.5 Å². The number of carbonyl (C=O) groups is 2. The van der Waals surface area contributed by atoms with E-state index in [2.05, 4.69) is 10.6 Å². The molecular weight excluding hydrogens is 450 g/mol. The summed E-state index contributed by atoms with van der Waals surface area (Å²) in [7, 11) is -3.54. The number of sulfonamides is 1. The van der Waals surface area contributed by atoms with Crippen LogP contribution in [0.1, 0.15) is 22.8 Å².